The molecule has 2 aromatic rings. The maximum Gasteiger partial charge on any atom is 0.140 e. The zero-order chi connectivity index (χ0) is 11.0. The van der Waals surface area contributed by atoms with Crippen LogP contribution in [0.15, 0.2) is 18.2 Å². The molecule has 2 rings (SSSR count). The Balaban J connectivity index is 2.81. The summed E-state index contributed by atoms with van der Waals surface area (Å²) in [7, 11) is 1.62. The summed E-state index contributed by atoms with van der Waals surface area (Å²) < 4.78 is 5.14. The molecule has 3 nitrogen and oxygen atoms in total. The van der Waals surface area contributed by atoms with Crippen LogP contribution in [0.4, 0.5) is 0 Å². The number of rotatable bonds is 1. The van der Waals surface area contributed by atoms with E-state index >= 15 is 0 Å². The van der Waals surface area contributed by atoms with Crippen LogP contribution in [0.3, 0.4) is 0 Å². The molecule has 0 saturated heterocycles. The van der Waals surface area contributed by atoms with Gasteiger partial charge in [-0.3, -0.25) is 0 Å². The Hall–Kier alpha value is -1.77. The van der Waals surface area contributed by atoms with Crippen LogP contribution >= 0.6 is 0 Å². The number of aromatic hydroxyl groups is 1. The molecule has 0 bridgehead atoms. The zero-order valence-corrected chi connectivity index (χ0v) is 9.03. The van der Waals surface area contributed by atoms with Gasteiger partial charge in [0.05, 0.1) is 18.3 Å². The van der Waals surface area contributed by atoms with Crippen LogP contribution < -0.4 is 4.74 Å². The Morgan fingerprint density at radius 2 is 2.00 bits per heavy atom. The fraction of sp³-hybridized carbons (Fsp3) is 0.250. The van der Waals surface area contributed by atoms with Gasteiger partial charge >= 0.3 is 0 Å². The third-order valence-electron chi connectivity index (χ3n) is 2.59. The fourth-order valence-corrected chi connectivity index (χ4v) is 1.67. The van der Waals surface area contributed by atoms with Crippen molar-refractivity contribution in [3.63, 3.8) is 0 Å². The average molecular weight is 203 g/mol. The first-order valence-electron chi connectivity index (χ1n) is 4.77. The monoisotopic (exact) mass is 203 g/mol. The van der Waals surface area contributed by atoms with Gasteiger partial charge in [0.25, 0.3) is 0 Å². The number of ether oxygens (including phenoxy) is 1. The Bertz CT molecular complexity index is 521. The molecule has 0 aliphatic heterocycles. The summed E-state index contributed by atoms with van der Waals surface area (Å²) in [6, 6.07) is 5.65. The second-order valence-corrected chi connectivity index (χ2v) is 3.55. The van der Waals surface area contributed by atoms with Crippen molar-refractivity contribution in [2.24, 2.45) is 0 Å². The van der Waals surface area contributed by atoms with Crippen LogP contribution in [-0.2, 0) is 0 Å². The Morgan fingerprint density at radius 1 is 1.27 bits per heavy atom. The molecule has 0 atom stereocenters. The van der Waals surface area contributed by atoms with E-state index in [2.05, 4.69) is 4.98 Å². The van der Waals surface area contributed by atoms with E-state index in [1.165, 1.54) is 0 Å². The van der Waals surface area contributed by atoms with Gasteiger partial charge in [0.2, 0.25) is 0 Å². The number of hydrogen-bond donors (Lipinski definition) is 1. The SMILES string of the molecule is COc1ccc2nc(C)c(O)c(C)c2c1. The van der Waals surface area contributed by atoms with Crippen molar-refractivity contribution in [2.75, 3.05) is 7.11 Å². The number of benzene rings is 1. The fourth-order valence-electron chi connectivity index (χ4n) is 1.67. The highest BCUT2D eigenvalue weighted by atomic mass is 16.5. The van der Waals surface area contributed by atoms with Crippen LogP contribution in [0.25, 0.3) is 10.9 Å². The molecule has 0 spiro atoms. The van der Waals surface area contributed by atoms with Crippen LogP contribution in [-0.4, -0.2) is 17.2 Å². The largest absolute Gasteiger partial charge is 0.506 e. The van der Waals surface area contributed by atoms with Crippen LogP contribution in [0.1, 0.15) is 11.3 Å². The first-order valence-corrected chi connectivity index (χ1v) is 4.77. The van der Waals surface area contributed by atoms with E-state index in [9.17, 15) is 5.11 Å². The molecule has 0 unspecified atom stereocenters. The average Bonchev–Trinajstić information content (AvgIpc) is 2.26. The Morgan fingerprint density at radius 3 is 2.67 bits per heavy atom. The predicted octanol–water partition coefficient (Wildman–Crippen LogP) is 2.57. The summed E-state index contributed by atoms with van der Waals surface area (Å²) in [5, 5.41) is 10.7. The van der Waals surface area contributed by atoms with Crippen molar-refractivity contribution in [3.8, 4) is 11.5 Å². The molecule has 1 N–H and O–H groups in total. The summed E-state index contributed by atoms with van der Waals surface area (Å²) >= 11 is 0. The minimum atomic E-state index is 0.260. The summed E-state index contributed by atoms with van der Waals surface area (Å²) in [5.74, 6) is 1.03. The van der Waals surface area contributed by atoms with Gasteiger partial charge in [0.1, 0.15) is 11.5 Å². The molecule has 0 radical (unpaired) electrons. The molecule has 1 aromatic carbocycles. The van der Waals surface area contributed by atoms with Crippen molar-refractivity contribution in [1.29, 1.82) is 0 Å². The number of fused-ring (bicyclic) bond motifs is 1. The number of hydrogen-bond acceptors (Lipinski definition) is 3. The summed E-state index contributed by atoms with van der Waals surface area (Å²) in [4.78, 5) is 4.31. The normalized spacial score (nSPS) is 10.6. The van der Waals surface area contributed by atoms with Crippen molar-refractivity contribution in [3.05, 3.63) is 29.5 Å². The lowest BCUT2D eigenvalue weighted by molar-refractivity contribution is 0.415. The lowest BCUT2D eigenvalue weighted by Gasteiger charge is -2.08. The quantitative estimate of drug-likeness (QED) is 0.774. The maximum absolute atomic E-state index is 9.76. The third-order valence-corrected chi connectivity index (χ3v) is 2.59. The second-order valence-electron chi connectivity index (χ2n) is 3.55. The highest BCUT2D eigenvalue weighted by Crippen LogP contribution is 2.29. The molecular formula is C12H13NO2. The number of aryl methyl sites for hydroxylation is 2. The van der Waals surface area contributed by atoms with Gasteiger partial charge in [0, 0.05) is 10.9 Å². The van der Waals surface area contributed by atoms with Gasteiger partial charge in [-0.15, -0.1) is 0 Å². The standard InChI is InChI=1S/C12H13NO2/c1-7-10-6-9(15-3)4-5-11(10)13-8(2)12(7)14/h4-6,14H,1-3H3. The van der Waals surface area contributed by atoms with Crippen LogP contribution in [0.2, 0.25) is 0 Å². The van der Waals surface area contributed by atoms with Gasteiger partial charge in [-0.25, -0.2) is 4.98 Å². The minimum Gasteiger partial charge on any atom is -0.506 e. The molecule has 0 aliphatic rings. The third kappa shape index (κ3) is 1.50. The molecule has 0 fully saturated rings. The summed E-state index contributed by atoms with van der Waals surface area (Å²) in [6.07, 6.45) is 0. The number of pyridine rings is 1. The first-order chi connectivity index (χ1) is 7.13. The minimum absolute atomic E-state index is 0.260. The van der Waals surface area contributed by atoms with E-state index < -0.39 is 0 Å². The van der Waals surface area contributed by atoms with Gasteiger partial charge in [-0.2, -0.15) is 0 Å². The number of methoxy groups -OCH3 is 1. The molecule has 78 valence electrons. The van der Waals surface area contributed by atoms with E-state index in [0.717, 1.165) is 22.2 Å². The molecular weight excluding hydrogens is 190 g/mol. The molecule has 0 saturated carbocycles. The highest BCUT2D eigenvalue weighted by molar-refractivity contribution is 5.85. The molecule has 0 aliphatic carbocycles. The Kier molecular flexibility index (Phi) is 2.23. The van der Waals surface area contributed by atoms with Gasteiger partial charge in [-0.05, 0) is 32.0 Å². The van der Waals surface area contributed by atoms with E-state index in [1.807, 2.05) is 25.1 Å². The van der Waals surface area contributed by atoms with Crippen LogP contribution in [0, 0.1) is 13.8 Å². The van der Waals surface area contributed by atoms with Gasteiger partial charge < -0.3 is 9.84 Å². The van der Waals surface area contributed by atoms with Crippen molar-refractivity contribution in [2.45, 2.75) is 13.8 Å². The molecule has 3 heteroatoms. The van der Waals surface area contributed by atoms with Gasteiger partial charge in [-0.1, -0.05) is 0 Å². The lowest BCUT2D eigenvalue weighted by Crippen LogP contribution is -1.90. The van der Waals surface area contributed by atoms with Crippen LogP contribution in [0.5, 0.6) is 11.5 Å². The van der Waals surface area contributed by atoms with E-state index in [0.29, 0.717) is 5.69 Å². The van der Waals surface area contributed by atoms with Crippen molar-refractivity contribution in [1.82, 2.24) is 4.98 Å². The maximum atomic E-state index is 9.76. The number of nitrogens with zero attached hydrogens (tertiary/aromatic N) is 1. The number of aromatic nitrogens is 1. The second kappa shape index (κ2) is 3.42. The molecule has 15 heavy (non-hydrogen) atoms. The topological polar surface area (TPSA) is 42.4 Å². The Labute approximate surface area is 88.3 Å². The smallest absolute Gasteiger partial charge is 0.140 e. The van der Waals surface area contributed by atoms with E-state index in [1.54, 1.807) is 14.0 Å². The van der Waals surface area contributed by atoms with E-state index in [-0.39, 0.29) is 5.75 Å². The van der Waals surface area contributed by atoms with Gasteiger partial charge in [0.15, 0.2) is 0 Å². The summed E-state index contributed by atoms with van der Waals surface area (Å²) in [5.41, 5.74) is 2.38. The zero-order valence-electron chi connectivity index (χ0n) is 9.03. The molecule has 1 heterocycles. The van der Waals surface area contributed by atoms with E-state index in [4.69, 9.17) is 4.74 Å². The molecule has 1 aromatic heterocycles. The lowest BCUT2D eigenvalue weighted by atomic mass is 10.1. The summed E-state index contributed by atoms with van der Waals surface area (Å²) in [6.45, 7) is 3.68. The first kappa shape index (κ1) is 9.77. The molecule has 0 amide bonds. The van der Waals surface area contributed by atoms with Crippen molar-refractivity contribution >= 4 is 10.9 Å². The van der Waals surface area contributed by atoms with Crippen molar-refractivity contribution < 1.29 is 9.84 Å². The highest BCUT2D eigenvalue weighted by Gasteiger charge is 2.08. The predicted molar refractivity (Wildman–Crippen MR) is 59.4 cm³/mol.